The van der Waals surface area contributed by atoms with Gasteiger partial charge in [0.15, 0.2) is 0 Å². The molecule has 3 rings (SSSR count). The van der Waals surface area contributed by atoms with Crippen molar-refractivity contribution < 1.29 is 9.59 Å². The SMILES string of the molecule is CCc1ccccc1NC(=O)CN1CCN([C@H](C(=O)N(C)C)c2ccccc2)CC1. The van der Waals surface area contributed by atoms with Gasteiger partial charge in [0.1, 0.15) is 6.04 Å². The molecule has 6 nitrogen and oxygen atoms in total. The highest BCUT2D eigenvalue weighted by atomic mass is 16.2. The van der Waals surface area contributed by atoms with Crippen LogP contribution in [0.5, 0.6) is 0 Å². The maximum atomic E-state index is 12.9. The highest BCUT2D eigenvalue weighted by Crippen LogP contribution is 2.24. The molecule has 6 heteroatoms. The van der Waals surface area contributed by atoms with E-state index in [1.54, 1.807) is 19.0 Å². The van der Waals surface area contributed by atoms with Gasteiger partial charge in [-0.1, -0.05) is 55.5 Å². The van der Waals surface area contributed by atoms with Crippen LogP contribution in [0.25, 0.3) is 0 Å². The topological polar surface area (TPSA) is 55.9 Å². The molecule has 2 aromatic carbocycles. The molecule has 1 N–H and O–H groups in total. The lowest BCUT2D eigenvalue weighted by atomic mass is 10.0. The first-order valence-electron chi connectivity index (χ1n) is 10.6. The van der Waals surface area contributed by atoms with Gasteiger partial charge in [-0.2, -0.15) is 0 Å². The number of hydrogen-bond acceptors (Lipinski definition) is 4. The molecule has 1 aliphatic heterocycles. The largest absolute Gasteiger partial charge is 0.347 e. The second kappa shape index (κ2) is 10.4. The Balaban J connectivity index is 1.59. The van der Waals surface area contributed by atoms with E-state index in [9.17, 15) is 9.59 Å². The fraction of sp³-hybridized carbons (Fsp3) is 0.417. The first-order chi connectivity index (χ1) is 14.5. The molecule has 1 aliphatic rings. The van der Waals surface area contributed by atoms with E-state index in [1.807, 2.05) is 54.6 Å². The van der Waals surface area contributed by atoms with E-state index in [0.29, 0.717) is 6.54 Å². The van der Waals surface area contributed by atoms with Gasteiger partial charge in [0, 0.05) is 46.0 Å². The molecule has 2 amide bonds. The van der Waals surface area contributed by atoms with Crippen molar-refractivity contribution in [2.75, 3.05) is 52.1 Å². The zero-order chi connectivity index (χ0) is 21.5. The fourth-order valence-corrected chi connectivity index (χ4v) is 3.91. The van der Waals surface area contributed by atoms with Gasteiger partial charge < -0.3 is 10.2 Å². The van der Waals surface area contributed by atoms with Crippen LogP contribution in [0, 0.1) is 0 Å². The fourth-order valence-electron chi connectivity index (χ4n) is 3.91. The number of amides is 2. The number of carbonyl (C=O) groups excluding carboxylic acids is 2. The van der Waals surface area contributed by atoms with Crippen molar-refractivity contribution in [2.24, 2.45) is 0 Å². The summed E-state index contributed by atoms with van der Waals surface area (Å²) in [4.78, 5) is 31.5. The van der Waals surface area contributed by atoms with Crippen molar-refractivity contribution >= 4 is 17.5 Å². The summed E-state index contributed by atoms with van der Waals surface area (Å²) in [5.41, 5.74) is 3.05. The van der Waals surface area contributed by atoms with Gasteiger partial charge in [0.05, 0.1) is 6.54 Å². The molecule has 1 fully saturated rings. The van der Waals surface area contributed by atoms with Crippen LogP contribution in [-0.2, 0) is 16.0 Å². The summed E-state index contributed by atoms with van der Waals surface area (Å²) in [7, 11) is 3.60. The van der Waals surface area contributed by atoms with Crippen LogP contribution >= 0.6 is 0 Å². The lowest BCUT2D eigenvalue weighted by Gasteiger charge is -2.39. The molecule has 1 atom stereocenters. The molecule has 0 saturated carbocycles. The quantitative estimate of drug-likeness (QED) is 0.765. The van der Waals surface area contributed by atoms with E-state index < -0.39 is 0 Å². The van der Waals surface area contributed by atoms with Crippen LogP contribution in [0.4, 0.5) is 5.69 Å². The molecule has 0 radical (unpaired) electrons. The van der Waals surface area contributed by atoms with Gasteiger partial charge in [-0.15, -0.1) is 0 Å². The molecule has 0 unspecified atom stereocenters. The Morgan fingerprint density at radius 1 is 0.967 bits per heavy atom. The molecule has 1 heterocycles. The Kier molecular flexibility index (Phi) is 7.60. The zero-order valence-electron chi connectivity index (χ0n) is 18.2. The molecule has 0 spiro atoms. The van der Waals surface area contributed by atoms with Crippen molar-refractivity contribution in [3.63, 3.8) is 0 Å². The Hall–Kier alpha value is -2.70. The number of rotatable bonds is 7. The minimum Gasteiger partial charge on any atom is -0.347 e. The number of nitrogens with zero attached hydrogens (tertiary/aromatic N) is 3. The maximum Gasteiger partial charge on any atom is 0.244 e. The van der Waals surface area contributed by atoms with Crippen LogP contribution in [0.3, 0.4) is 0 Å². The molecule has 0 bridgehead atoms. The highest BCUT2D eigenvalue weighted by Gasteiger charge is 2.31. The number of nitrogens with one attached hydrogen (secondary N) is 1. The number of likely N-dealkylation sites (N-methyl/N-ethyl adjacent to an activating group) is 1. The Labute approximate surface area is 179 Å². The Bertz CT molecular complexity index is 845. The van der Waals surface area contributed by atoms with Gasteiger partial charge in [-0.05, 0) is 23.6 Å². The standard InChI is InChI=1S/C24H32N4O2/c1-4-19-10-8-9-13-21(19)25-22(29)18-27-14-16-28(17-15-27)23(24(30)26(2)3)20-11-6-5-7-12-20/h5-13,23H,4,14-18H2,1-3H3,(H,25,29)/t23-/m0/s1. The van der Waals surface area contributed by atoms with Crippen LogP contribution in [0.2, 0.25) is 0 Å². The third-order valence-electron chi connectivity index (χ3n) is 5.60. The minimum absolute atomic E-state index is 0.00771. The van der Waals surface area contributed by atoms with Crippen LogP contribution in [-0.4, -0.2) is 73.3 Å². The first kappa shape index (κ1) is 22.0. The number of benzene rings is 2. The van der Waals surface area contributed by atoms with E-state index in [-0.39, 0.29) is 17.9 Å². The maximum absolute atomic E-state index is 12.9. The summed E-state index contributed by atoms with van der Waals surface area (Å²) < 4.78 is 0. The first-order valence-corrected chi connectivity index (χ1v) is 10.6. The zero-order valence-corrected chi connectivity index (χ0v) is 18.2. The predicted molar refractivity (Wildman–Crippen MR) is 120 cm³/mol. The van der Waals surface area contributed by atoms with Gasteiger partial charge in [0.25, 0.3) is 0 Å². The van der Waals surface area contributed by atoms with E-state index >= 15 is 0 Å². The summed E-state index contributed by atoms with van der Waals surface area (Å²) in [5.74, 6) is 0.0943. The summed E-state index contributed by atoms with van der Waals surface area (Å²) in [5, 5.41) is 3.05. The van der Waals surface area contributed by atoms with Crippen LogP contribution in [0.1, 0.15) is 24.1 Å². The van der Waals surface area contributed by atoms with Gasteiger partial charge >= 0.3 is 0 Å². The van der Waals surface area contributed by atoms with Gasteiger partial charge in [-0.3, -0.25) is 19.4 Å². The normalized spacial score (nSPS) is 16.1. The lowest BCUT2D eigenvalue weighted by molar-refractivity contribution is -0.135. The van der Waals surface area contributed by atoms with Crippen molar-refractivity contribution in [2.45, 2.75) is 19.4 Å². The summed E-state index contributed by atoms with van der Waals surface area (Å²) >= 11 is 0. The molecular weight excluding hydrogens is 376 g/mol. The third-order valence-corrected chi connectivity index (χ3v) is 5.60. The Morgan fingerprint density at radius 3 is 2.23 bits per heavy atom. The lowest BCUT2D eigenvalue weighted by Crippen LogP contribution is -2.52. The monoisotopic (exact) mass is 408 g/mol. The molecule has 160 valence electrons. The number of aryl methyl sites for hydroxylation is 1. The van der Waals surface area contributed by atoms with E-state index in [0.717, 1.165) is 49.4 Å². The van der Waals surface area contributed by atoms with E-state index in [1.165, 1.54) is 0 Å². The smallest absolute Gasteiger partial charge is 0.244 e. The molecule has 2 aromatic rings. The average molecular weight is 409 g/mol. The van der Waals surface area contributed by atoms with Crippen molar-refractivity contribution in [1.29, 1.82) is 0 Å². The van der Waals surface area contributed by atoms with Crippen molar-refractivity contribution in [1.82, 2.24) is 14.7 Å². The van der Waals surface area contributed by atoms with E-state index in [4.69, 9.17) is 0 Å². The third kappa shape index (κ3) is 5.46. The molecule has 0 aromatic heterocycles. The highest BCUT2D eigenvalue weighted by molar-refractivity contribution is 5.93. The number of para-hydroxylation sites is 1. The predicted octanol–water partition coefficient (Wildman–Crippen LogP) is 2.63. The van der Waals surface area contributed by atoms with Gasteiger partial charge in [-0.25, -0.2) is 0 Å². The summed E-state index contributed by atoms with van der Waals surface area (Å²) in [6.45, 7) is 5.46. The minimum atomic E-state index is -0.284. The molecule has 30 heavy (non-hydrogen) atoms. The number of anilines is 1. The molecule has 0 aliphatic carbocycles. The van der Waals surface area contributed by atoms with Gasteiger partial charge in [0.2, 0.25) is 11.8 Å². The van der Waals surface area contributed by atoms with E-state index in [2.05, 4.69) is 22.0 Å². The number of hydrogen-bond donors (Lipinski definition) is 1. The van der Waals surface area contributed by atoms with Crippen LogP contribution < -0.4 is 5.32 Å². The average Bonchev–Trinajstić information content (AvgIpc) is 2.76. The second-order valence-electron chi connectivity index (χ2n) is 7.92. The Morgan fingerprint density at radius 2 is 1.60 bits per heavy atom. The number of piperazine rings is 1. The molecular formula is C24H32N4O2. The van der Waals surface area contributed by atoms with Crippen LogP contribution in [0.15, 0.2) is 54.6 Å². The summed E-state index contributed by atoms with van der Waals surface area (Å²) in [6, 6.07) is 17.6. The van der Waals surface area contributed by atoms with Crippen molar-refractivity contribution in [3.8, 4) is 0 Å². The second-order valence-corrected chi connectivity index (χ2v) is 7.92. The summed E-state index contributed by atoms with van der Waals surface area (Å²) in [6.07, 6.45) is 0.885. The number of carbonyl (C=O) groups is 2. The van der Waals surface area contributed by atoms with Crippen molar-refractivity contribution in [3.05, 3.63) is 65.7 Å². The molecule has 1 saturated heterocycles.